The van der Waals surface area contributed by atoms with Crippen LogP contribution in [0.1, 0.15) is 27.1 Å². The standard InChI is InChI=1S/C30H36FN5O3/c1-34(2)15-7-14-32-30(38)25-21-24(33-29(37)22-8-6-9-23(31)20-22)12-13-26(25)35-16-18-36(19-17-35)27-10-4-5-11-28(27)39-3/h4-6,8-13,20-21H,7,14-19H2,1-3H3,(H,32,38)(H,33,37). The number of methoxy groups -OCH3 is 1. The molecular weight excluding hydrogens is 497 g/mol. The maximum absolute atomic E-state index is 13.6. The Kier molecular flexibility index (Phi) is 9.38. The lowest BCUT2D eigenvalue weighted by atomic mass is 10.1. The highest BCUT2D eigenvalue weighted by Crippen LogP contribution is 2.31. The highest BCUT2D eigenvalue weighted by Gasteiger charge is 2.24. The Labute approximate surface area is 229 Å². The molecule has 0 aliphatic carbocycles. The van der Waals surface area contributed by atoms with Crippen molar-refractivity contribution in [1.29, 1.82) is 0 Å². The van der Waals surface area contributed by atoms with E-state index in [1.54, 1.807) is 25.3 Å². The van der Waals surface area contributed by atoms with Gasteiger partial charge >= 0.3 is 0 Å². The van der Waals surface area contributed by atoms with Crippen molar-refractivity contribution >= 4 is 28.9 Å². The summed E-state index contributed by atoms with van der Waals surface area (Å²) in [6.07, 6.45) is 0.821. The Morgan fingerprint density at radius 3 is 2.31 bits per heavy atom. The molecule has 39 heavy (non-hydrogen) atoms. The SMILES string of the molecule is COc1ccccc1N1CCN(c2ccc(NC(=O)c3cccc(F)c3)cc2C(=O)NCCCN(C)C)CC1. The Morgan fingerprint density at radius 2 is 1.62 bits per heavy atom. The van der Waals surface area contributed by atoms with Crippen molar-refractivity contribution in [2.45, 2.75) is 6.42 Å². The van der Waals surface area contributed by atoms with Gasteiger partial charge < -0.3 is 30.1 Å². The number of carbonyl (C=O) groups excluding carboxylic acids is 2. The minimum Gasteiger partial charge on any atom is -0.495 e. The van der Waals surface area contributed by atoms with Crippen LogP contribution in [0, 0.1) is 5.82 Å². The molecule has 3 aromatic carbocycles. The number of carbonyl (C=O) groups is 2. The first-order valence-electron chi connectivity index (χ1n) is 13.1. The molecule has 1 fully saturated rings. The molecule has 1 aliphatic rings. The summed E-state index contributed by atoms with van der Waals surface area (Å²) in [6, 6.07) is 18.8. The summed E-state index contributed by atoms with van der Waals surface area (Å²) < 4.78 is 19.2. The average Bonchev–Trinajstić information content (AvgIpc) is 2.95. The van der Waals surface area contributed by atoms with Gasteiger partial charge in [-0.05, 0) is 75.6 Å². The second-order valence-electron chi connectivity index (χ2n) is 9.76. The summed E-state index contributed by atoms with van der Waals surface area (Å²) in [7, 11) is 5.66. The smallest absolute Gasteiger partial charge is 0.255 e. The zero-order valence-electron chi connectivity index (χ0n) is 22.7. The largest absolute Gasteiger partial charge is 0.495 e. The van der Waals surface area contributed by atoms with E-state index in [9.17, 15) is 14.0 Å². The van der Waals surface area contributed by atoms with Crippen molar-refractivity contribution in [3.05, 3.63) is 83.7 Å². The van der Waals surface area contributed by atoms with E-state index in [-0.39, 0.29) is 11.5 Å². The number of nitrogens with zero attached hydrogens (tertiary/aromatic N) is 3. The number of halogens is 1. The van der Waals surface area contributed by atoms with Crippen LogP contribution in [0.25, 0.3) is 0 Å². The first-order chi connectivity index (χ1) is 18.9. The highest BCUT2D eigenvalue weighted by molar-refractivity contribution is 6.06. The number of piperazine rings is 1. The van der Waals surface area contributed by atoms with Gasteiger partial charge in [0.1, 0.15) is 11.6 Å². The monoisotopic (exact) mass is 533 g/mol. The fourth-order valence-electron chi connectivity index (χ4n) is 4.68. The third kappa shape index (κ3) is 7.26. The molecule has 2 N–H and O–H groups in total. The summed E-state index contributed by atoms with van der Waals surface area (Å²) in [5.41, 5.74) is 3.03. The van der Waals surface area contributed by atoms with Crippen LogP contribution < -0.4 is 25.2 Å². The van der Waals surface area contributed by atoms with Crippen molar-refractivity contribution in [3.8, 4) is 5.75 Å². The summed E-state index contributed by atoms with van der Waals surface area (Å²) in [5, 5.41) is 5.82. The number of benzene rings is 3. The predicted molar refractivity (Wildman–Crippen MR) is 154 cm³/mol. The van der Waals surface area contributed by atoms with Crippen LogP contribution in [0.15, 0.2) is 66.7 Å². The Morgan fingerprint density at radius 1 is 0.897 bits per heavy atom. The van der Waals surface area contributed by atoms with Gasteiger partial charge in [-0.15, -0.1) is 0 Å². The Bertz CT molecular complexity index is 1290. The highest BCUT2D eigenvalue weighted by atomic mass is 19.1. The lowest BCUT2D eigenvalue weighted by Crippen LogP contribution is -2.47. The van der Waals surface area contributed by atoms with Gasteiger partial charge in [0.05, 0.1) is 18.4 Å². The fourth-order valence-corrected chi connectivity index (χ4v) is 4.68. The summed E-state index contributed by atoms with van der Waals surface area (Å²) in [5.74, 6) is -0.284. The molecule has 0 radical (unpaired) electrons. The Balaban J connectivity index is 1.52. The van der Waals surface area contributed by atoms with E-state index in [0.717, 1.165) is 43.2 Å². The lowest BCUT2D eigenvalue weighted by Gasteiger charge is -2.38. The minimum atomic E-state index is -0.483. The van der Waals surface area contributed by atoms with E-state index in [1.807, 2.05) is 38.4 Å². The van der Waals surface area contributed by atoms with Crippen LogP contribution >= 0.6 is 0 Å². The lowest BCUT2D eigenvalue weighted by molar-refractivity contribution is 0.0951. The van der Waals surface area contributed by atoms with Gasteiger partial charge in [0.25, 0.3) is 11.8 Å². The average molecular weight is 534 g/mol. The third-order valence-corrected chi connectivity index (χ3v) is 6.70. The number of hydrogen-bond acceptors (Lipinski definition) is 6. The van der Waals surface area contributed by atoms with E-state index in [0.29, 0.717) is 30.9 Å². The van der Waals surface area contributed by atoms with Crippen LogP contribution in [0.4, 0.5) is 21.5 Å². The van der Waals surface area contributed by atoms with Crippen molar-refractivity contribution in [2.24, 2.45) is 0 Å². The number of ether oxygens (including phenoxy) is 1. The van der Waals surface area contributed by atoms with Crippen LogP contribution in [0.3, 0.4) is 0 Å². The quantitative estimate of drug-likeness (QED) is 0.383. The van der Waals surface area contributed by atoms with Gasteiger partial charge in [-0.25, -0.2) is 4.39 Å². The molecule has 0 bridgehead atoms. The molecule has 8 nitrogen and oxygen atoms in total. The van der Waals surface area contributed by atoms with Gasteiger partial charge in [-0.1, -0.05) is 18.2 Å². The summed E-state index contributed by atoms with van der Waals surface area (Å²) in [6.45, 7) is 4.37. The van der Waals surface area contributed by atoms with Gasteiger partial charge in [0.2, 0.25) is 0 Å². The van der Waals surface area contributed by atoms with Crippen molar-refractivity contribution in [2.75, 3.05) is 75.6 Å². The number of anilines is 3. The first-order valence-corrected chi connectivity index (χ1v) is 13.1. The number of rotatable bonds is 10. The molecular formula is C30H36FN5O3. The third-order valence-electron chi connectivity index (χ3n) is 6.70. The molecule has 9 heteroatoms. The molecule has 0 saturated carbocycles. The van der Waals surface area contributed by atoms with E-state index >= 15 is 0 Å². The van der Waals surface area contributed by atoms with Gasteiger partial charge in [0, 0.05) is 49.7 Å². The van der Waals surface area contributed by atoms with Crippen molar-refractivity contribution in [3.63, 3.8) is 0 Å². The Hall–Kier alpha value is -4.11. The summed E-state index contributed by atoms with van der Waals surface area (Å²) in [4.78, 5) is 32.6. The zero-order valence-corrected chi connectivity index (χ0v) is 22.7. The van der Waals surface area contributed by atoms with Gasteiger partial charge in [-0.2, -0.15) is 0 Å². The van der Waals surface area contributed by atoms with Gasteiger partial charge in [0.15, 0.2) is 0 Å². The number of para-hydroxylation sites is 2. The predicted octanol–water partition coefficient (Wildman–Crippen LogP) is 4.09. The first kappa shape index (κ1) is 27.9. The van der Waals surface area contributed by atoms with E-state index < -0.39 is 11.7 Å². The molecule has 1 heterocycles. The number of amides is 2. The fraction of sp³-hybridized carbons (Fsp3) is 0.333. The molecule has 4 rings (SSSR count). The van der Waals surface area contributed by atoms with E-state index in [1.165, 1.54) is 18.2 Å². The van der Waals surface area contributed by atoms with E-state index in [4.69, 9.17) is 4.74 Å². The molecule has 0 spiro atoms. The van der Waals surface area contributed by atoms with Crippen LogP contribution in [0.2, 0.25) is 0 Å². The van der Waals surface area contributed by atoms with E-state index in [2.05, 4.69) is 31.4 Å². The normalized spacial score (nSPS) is 13.4. The molecule has 0 aromatic heterocycles. The molecule has 2 amide bonds. The topological polar surface area (TPSA) is 77.1 Å². The van der Waals surface area contributed by atoms with Crippen molar-refractivity contribution < 1.29 is 18.7 Å². The van der Waals surface area contributed by atoms with Crippen LogP contribution in [-0.4, -0.2) is 77.2 Å². The number of nitrogens with one attached hydrogen (secondary N) is 2. The number of hydrogen-bond donors (Lipinski definition) is 2. The molecule has 3 aromatic rings. The second kappa shape index (κ2) is 13.1. The molecule has 1 saturated heterocycles. The zero-order chi connectivity index (χ0) is 27.8. The van der Waals surface area contributed by atoms with Crippen LogP contribution in [0.5, 0.6) is 5.75 Å². The van der Waals surface area contributed by atoms with Crippen LogP contribution in [-0.2, 0) is 0 Å². The maximum Gasteiger partial charge on any atom is 0.255 e. The minimum absolute atomic E-state index is 0.197. The second-order valence-corrected chi connectivity index (χ2v) is 9.76. The maximum atomic E-state index is 13.6. The van der Waals surface area contributed by atoms with Crippen molar-refractivity contribution in [1.82, 2.24) is 10.2 Å². The molecule has 0 atom stereocenters. The molecule has 0 unspecified atom stereocenters. The van der Waals surface area contributed by atoms with Gasteiger partial charge in [-0.3, -0.25) is 9.59 Å². The summed E-state index contributed by atoms with van der Waals surface area (Å²) >= 11 is 0. The molecule has 206 valence electrons. The molecule has 1 aliphatic heterocycles.